The summed E-state index contributed by atoms with van der Waals surface area (Å²) in [6.07, 6.45) is 3.47. The number of hydrogen-bond donors (Lipinski definition) is 0. The Morgan fingerprint density at radius 1 is 1.25 bits per heavy atom. The van der Waals surface area contributed by atoms with Crippen LogP contribution >= 0.6 is 11.6 Å². The highest BCUT2D eigenvalue weighted by Crippen LogP contribution is 2.23. The minimum atomic E-state index is -3.12. The molecule has 1 aromatic carbocycles. The lowest BCUT2D eigenvalue weighted by Crippen LogP contribution is -2.37. The molecule has 1 aliphatic heterocycles. The van der Waals surface area contributed by atoms with Crippen LogP contribution in [0, 0.1) is 0 Å². The highest BCUT2D eigenvalue weighted by atomic mass is 35.5. The van der Waals surface area contributed by atoms with Gasteiger partial charge in [-0.3, -0.25) is 0 Å². The molecule has 0 spiro atoms. The van der Waals surface area contributed by atoms with Crippen molar-refractivity contribution in [2.45, 2.75) is 23.8 Å². The maximum Gasteiger partial charge on any atom is 0.175 e. The number of hydrogen-bond acceptors (Lipinski definition) is 4. The molecule has 0 atom stereocenters. The van der Waals surface area contributed by atoms with E-state index in [-0.39, 0.29) is 0 Å². The summed E-state index contributed by atoms with van der Waals surface area (Å²) in [4.78, 5) is 2.62. The van der Waals surface area contributed by atoms with Crippen molar-refractivity contribution in [1.82, 2.24) is 0 Å². The van der Waals surface area contributed by atoms with Crippen molar-refractivity contribution in [3.8, 4) is 0 Å². The van der Waals surface area contributed by atoms with E-state index in [1.807, 2.05) is 12.1 Å². The highest BCUT2D eigenvalue weighted by Gasteiger charge is 2.20. The molecule has 4 nitrogen and oxygen atoms in total. The smallest absolute Gasteiger partial charge is 0.175 e. The molecule has 20 heavy (non-hydrogen) atoms. The van der Waals surface area contributed by atoms with Gasteiger partial charge >= 0.3 is 0 Å². The summed E-state index contributed by atoms with van der Waals surface area (Å²) in [5.41, 5.74) is 1.06. The summed E-state index contributed by atoms with van der Waals surface area (Å²) in [5.74, 6) is 0.535. The van der Waals surface area contributed by atoms with Crippen molar-refractivity contribution in [3.63, 3.8) is 0 Å². The molecule has 0 aromatic heterocycles. The van der Waals surface area contributed by atoms with E-state index in [1.165, 1.54) is 6.26 Å². The molecule has 0 aliphatic carbocycles. The Kier molecular flexibility index (Phi) is 5.29. The molecular formula is C14H20ClNO3S. The summed E-state index contributed by atoms with van der Waals surface area (Å²) in [6, 6.07) is 7.08. The zero-order chi connectivity index (χ0) is 14.6. The molecule has 0 saturated carbocycles. The van der Waals surface area contributed by atoms with Crippen LogP contribution in [0.4, 0.5) is 5.69 Å². The third-order valence-electron chi connectivity index (χ3n) is 3.50. The predicted molar refractivity (Wildman–Crippen MR) is 81.5 cm³/mol. The summed E-state index contributed by atoms with van der Waals surface area (Å²) >= 11 is 5.61. The number of sulfone groups is 1. The fraction of sp³-hybridized carbons (Fsp3) is 0.571. The van der Waals surface area contributed by atoms with Gasteiger partial charge in [0.05, 0.1) is 17.6 Å². The number of alkyl halides is 1. The van der Waals surface area contributed by atoms with E-state index in [4.69, 9.17) is 16.3 Å². The number of piperidine rings is 1. The van der Waals surface area contributed by atoms with Crippen molar-refractivity contribution in [3.05, 3.63) is 24.3 Å². The highest BCUT2D eigenvalue weighted by molar-refractivity contribution is 7.90. The second-order valence-electron chi connectivity index (χ2n) is 5.01. The standard InChI is InChI=1S/C14H20ClNO3S/c1-20(17,18)14-4-2-12(3-5-14)16-9-6-13(7-10-16)19-11-8-15/h2-5,13H,6-11H2,1H3. The Labute approximate surface area is 125 Å². The second-order valence-corrected chi connectivity index (χ2v) is 7.41. The number of ether oxygens (including phenoxy) is 1. The zero-order valence-electron chi connectivity index (χ0n) is 11.6. The third kappa shape index (κ3) is 4.11. The molecule has 1 heterocycles. The quantitative estimate of drug-likeness (QED) is 0.782. The van der Waals surface area contributed by atoms with E-state index in [2.05, 4.69) is 4.90 Å². The van der Waals surface area contributed by atoms with Gasteiger partial charge in [0, 0.05) is 30.9 Å². The molecule has 0 amide bonds. The molecule has 1 aromatic rings. The first-order valence-electron chi connectivity index (χ1n) is 6.73. The number of anilines is 1. The summed E-state index contributed by atoms with van der Waals surface area (Å²) in [7, 11) is -3.12. The average molecular weight is 318 g/mol. The molecule has 0 radical (unpaired) electrons. The van der Waals surface area contributed by atoms with Crippen LogP contribution < -0.4 is 4.90 Å². The Hall–Kier alpha value is -0.780. The molecule has 112 valence electrons. The van der Waals surface area contributed by atoms with Crippen LogP contribution in [0.25, 0.3) is 0 Å². The van der Waals surface area contributed by atoms with Gasteiger partial charge in [-0.1, -0.05) is 0 Å². The topological polar surface area (TPSA) is 46.6 Å². The Morgan fingerprint density at radius 3 is 2.35 bits per heavy atom. The van der Waals surface area contributed by atoms with E-state index in [9.17, 15) is 8.42 Å². The van der Waals surface area contributed by atoms with Gasteiger partial charge in [0.1, 0.15) is 0 Å². The SMILES string of the molecule is CS(=O)(=O)c1ccc(N2CCC(OCCCl)CC2)cc1. The third-order valence-corrected chi connectivity index (χ3v) is 4.79. The second kappa shape index (κ2) is 6.78. The van der Waals surface area contributed by atoms with E-state index < -0.39 is 9.84 Å². The van der Waals surface area contributed by atoms with Gasteiger partial charge in [-0.25, -0.2) is 8.42 Å². The molecule has 1 aliphatic rings. The summed E-state index contributed by atoms with van der Waals surface area (Å²) < 4.78 is 28.5. The first kappa shape index (κ1) is 15.6. The minimum absolute atomic E-state index is 0.292. The van der Waals surface area contributed by atoms with Gasteiger partial charge in [0.15, 0.2) is 9.84 Å². The van der Waals surface area contributed by atoms with Gasteiger partial charge in [0.2, 0.25) is 0 Å². The van der Waals surface area contributed by atoms with Gasteiger partial charge in [-0.2, -0.15) is 0 Å². The Morgan fingerprint density at radius 2 is 1.85 bits per heavy atom. The van der Waals surface area contributed by atoms with Gasteiger partial charge in [-0.05, 0) is 37.1 Å². The van der Waals surface area contributed by atoms with Crippen LogP contribution in [0.1, 0.15) is 12.8 Å². The lowest BCUT2D eigenvalue weighted by molar-refractivity contribution is 0.0472. The van der Waals surface area contributed by atoms with E-state index >= 15 is 0 Å². The fourth-order valence-corrected chi connectivity index (χ4v) is 3.12. The largest absolute Gasteiger partial charge is 0.377 e. The maximum absolute atomic E-state index is 11.4. The molecular weight excluding hydrogens is 298 g/mol. The van der Waals surface area contributed by atoms with E-state index in [0.29, 0.717) is 23.5 Å². The molecule has 0 N–H and O–H groups in total. The predicted octanol–water partition coefficient (Wildman–Crippen LogP) is 2.31. The number of rotatable bonds is 5. The molecule has 0 unspecified atom stereocenters. The van der Waals surface area contributed by atoms with Crippen molar-refractivity contribution < 1.29 is 13.2 Å². The van der Waals surface area contributed by atoms with Crippen LogP contribution in [-0.2, 0) is 14.6 Å². The lowest BCUT2D eigenvalue weighted by Gasteiger charge is -2.33. The van der Waals surface area contributed by atoms with Gasteiger partial charge in [-0.15, -0.1) is 11.6 Å². The van der Waals surface area contributed by atoms with Gasteiger partial charge in [0.25, 0.3) is 0 Å². The molecule has 1 saturated heterocycles. The van der Waals surface area contributed by atoms with E-state index in [1.54, 1.807) is 12.1 Å². The monoisotopic (exact) mass is 317 g/mol. The maximum atomic E-state index is 11.4. The number of halogens is 1. The zero-order valence-corrected chi connectivity index (χ0v) is 13.2. The first-order valence-corrected chi connectivity index (χ1v) is 9.16. The molecule has 1 fully saturated rings. The van der Waals surface area contributed by atoms with Crippen LogP contribution in [0.2, 0.25) is 0 Å². The molecule has 6 heteroatoms. The molecule has 0 bridgehead atoms. The number of benzene rings is 1. The van der Waals surface area contributed by atoms with Crippen molar-refractivity contribution >= 4 is 27.1 Å². The number of nitrogens with zero attached hydrogens (tertiary/aromatic N) is 1. The first-order chi connectivity index (χ1) is 9.50. The molecule has 2 rings (SSSR count). The van der Waals surface area contributed by atoms with E-state index in [0.717, 1.165) is 31.6 Å². The normalized spacial score (nSPS) is 17.4. The van der Waals surface area contributed by atoms with Crippen LogP contribution in [0.5, 0.6) is 0 Å². The Balaban J connectivity index is 1.94. The fourth-order valence-electron chi connectivity index (χ4n) is 2.40. The minimum Gasteiger partial charge on any atom is -0.377 e. The lowest BCUT2D eigenvalue weighted by atomic mass is 10.1. The average Bonchev–Trinajstić information content (AvgIpc) is 2.45. The van der Waals surface area contributed by atoms with Crippen molar-refractivity contribution in [2.24, 2.45) is 0 Å². The van der Waals surface area contributed by atoms with Gasteiger partial charge < -0.3 is 9.64 Å². The van der Waals surface area contributed by atoms with Crippen LogP contribution in [0.15, 0.2) is 29.2 Å². The van der Waals surface area contributed by atoms with Crippen LogP contribution in [-0.4, -0.2) is 46.4 Å². The van der Waals surface area contributed by atoms with Crippen molar-refractivity contribution in [2.75, 3.05) is 36.7 Å². The Bertz CT molecular complexity index is 522. The summed E-state index contributed by atoms with van der Waals surface area (Å²) in [6.45, 7) is 2.45. The summed E-state index contributed by atoms with van der Waals surface area (Å²) in [5, 5.41) is 0. The van der Waals surface area contributed by atoms with Crippen LogP contribution in [0.3, 0.4) is 0 Å². The van der Waals surface area contributed by atoms with Crippen molar-refractivity contribution in [1.29, 1.82) is 0 Å².